The smallest absolute Gasteiger partial charge is 0.321 e. The Balaban J connectivity index is 1.93. The van der Waals surface area contributed by atoms with Crippen molar-refractivity contribution in [2.75, 3.05) is 25.0 Å². The van der Waals surface area contributed by atoms with Crippen LogP contribution in [0.3, 0.4) is 0 Å². The van der Waals surface area contributed by atoms with E-state index in [0.29, 0.717) is 12.5 Å². The van der Waals surface area contributed by atoms with Crippen LogP contribution in [0.5, 0.6) is 5.75 Å². The number of urea groups is 1. The van der Waals surface area contributed by atoms with Gasteiger partial charge in [0.15, 0.2) is 0 Å². The first kappa shape index (κ1) is 14.7. The molecule has 1 aromatic rings. The monoisotopic (exact) mass is 276 g/mol. The van der Waals surface area contributed by atoms with Crippen molar-refractivity contribution in [3.63, 3.8) is 0 Å². The molecule has 0 aliphatic carbocycles. The number of likely N-dealkylation sites (tertiary alicyclic amines) is 1. The summed E-state index contributed by atoms with van der Waals surface area (Å²) in [6, 6.07) is 7.57. The summed E-state index contributed by atoms with van der Waals surface area (Å²) in [6.07, 6.45) is 3.28. The number of carbonyl (C=O) groups excluding carboxylic acids is 1. The Morgan fingerprint density at radius 1 is 1.50 bits per heavy atom. The molecule has 110 valence electrons. The van der Waals surface area contributed by atoms with Crippen LogP contribution < -0.4 is 10.1 Å². The molecule has 2 rings (SSSR count). The lowest BCUT2D eigenvalue weighted by Crippen LogP contribution is -2.41. The maximum atomic E-state index is 12.2. The molecule has 1 saturated heterocycles. The van der Waals surface area contributed by atoms with Crippen molar-refractivity contribution < 1.29 is 9.53 Å². The summed E-state index contributed by atoms with van der Waals surface area (Å²) < 4.78 is 5.58. The lowest BCUT2D eigenvalue weighted by molar-refractivity contribution is 0.182. The predicted molar refractivity (Wildman–Crippen MR) is 81.2 cm³/mol. The van der Waals surface area contributed by atoms with E-state index in [-0.39, 0.29) is 6.03 Å². The second-order valence-corrected chi connectivity index (χ2v) is 5.50. The van der Waals surface area contributed by atoms with Crippen LogP contribution in [0.15, 0.2) is 24.3 Å². The molecule has 1 aromatic carbocycles. The van der Waals surface area contributed by atoms with Gasteiger partial charge < -0.3 is 15.0 Å². The molecule has 0 unspecified atom stereocenters. The van der Waals surface area contributed by atoms with Crippen LogP contribution in [0.1, 0.15) is 33.1 Å². The third-order valence-electron chi connectivity index (χ3n) is 3.50. The summed E-state index contributed by atoms with van der Waals surface area (Å²) in [6.45, 7) is 6.66. The molecule has 0 aromatic heterocycles. The van der Waals surface area contributed by atoms with Gasteiger partial charge in [-0.1, -0.05) is 19.9 Å². The second kappa shape index (κ2) is 7.17. The van der Waals surface area contributed by atoms with E-state index in [1.54, 1.807) is 0 Å². The van der Waals surface area contributed by atoms with E-state index in [2.05, 4.69) is 19.2 Å². The van der Waals surface area contributed by atoms with Gasteiger partial charge in [-0.2, -0.15) is 0 Å². The number of hydrogen-bond donors (Lipinski definition) is 1. The molecular weight excluding hydrogens is 252 g/mol. The Bertz CT molecular complexity index is 448. The van der Waals surface area contributed by atoms with Crippen molar-refractivity contribution in [2.24, 2.45) is 5.92 Å². The SMILES string of the molecule is CCCOc1cccc(NC(=O)N2CCC[C@@H](C)C2)c1. The van der Waals surface area contributed by atoms with Crippen LogP contribution in [0, 0.1) is 5.92 Å². The summed E-state index contributed by atoms with van der Waals surface area (Å²) >= 11 is 0. The lowest BCUT2D eigenvalue weighted by Gasteiger charge is -2.30. The van der Waals surface area contributed by atoms with Crippen LogP contribution in [0.2, 0.25) is 0 Å². The maximum Gasteiger partial charge on any atom is 0.321 e. The third kappa shape index (κ3) is 4.15. The number of nitrogens with zero attached hydrogens (tertiary/aromatic N) is 1. The summed E-state index contributed by atoms with van der Waals surface area (Å²) in [7, 11) is 0. The molecular formula is C16H24N2O2. The molecule has 1 aliphatic heterocycles. The first-order valence-corrected chi connectivity index (χ1v) is 7.48. The predicted octanol–water partition coefficient (Wildman–Crippen LogP) is 3.74. The molecule has 0 bridgehead atoms. The fraction of sp³-hybridized carbons (Fsp3) is 0.562. The number of piperidine rings is 1. The molecule has 1 fully saturated rings. The number of amides is 2. The van der Waals surface area contributed by atoms with Crippen LogP contribution in [0.4, 0.5) is 10.5 Å². The Labute approximate surface area is 121 Å². The average molecular weight is 276 g/mol. The van der Waals surface area contributed by atoms with Gasteiger partial charge in [0, 0.05) is 24.8 Å². The molecule has 1 aliphatic rings. The van der Waals surface area contributed by atoms with Crippen molar-refractivity contribution in [2.45, 2.75) is 33.1 Å². The quantitative estimate of drug-likeness (QED) is 0.910. The molecule has 1 atom stereocenters. The normalized spacial score (nSPS) is 18.7. The van der Waals surface area contributed by atoms with Gasteiger partial charge in [0.05, 0.1) is 6.61 Å². The first-order valence-electron chi connectivity index (χ1n) is 7.48. The zero-order chi connectivity index (χ0) is 14.4. The summed E-state index contributed by atoms with van der Waals surface area (Å²) in [5.74, 6) is 1.39. The van der Waals surface area contributed by atoms with Crippen LogP contribution in [-0.4, -0.2) is 30.6 Å². The van der Waals surface area contributed by atoms with Crippen LogP contribution >= 0.6 is 0 Å². The Hall–Kier alpha value is -1.71. The van der Waals surface area contributed by atoms with Crippen molar-refractivity contribution >= 4 is 11.7 Å². The zero-order valence-corrected chi connectivity index (χ0v) is 12.4. The molecule has 0 saturated carbocycles. The lowest BCUT2D eigenvalue weighted by atomic mass is 10.0. The Morgan fingerprint density at radius 2 is 2.35 bits per heavy atom. The van der Waals surface area contributed by atoms with E-state index in [9.17, 15) is 4.79 Å². The van der Waals surface area contributed by atoms with Gasteiger partial charge >= 0.3 is 6.03 Å². The van der Waals surface area contributed by atoms with Gasteiger partial charge in [0.25, 0.3) is 0 Å². The number of ether oxygens (including phenoxy) is 1. The van der Waals surface area contributed by atoms with Crippen molar-refractivity contribution in [3.05, 3.63) is 24.3 Å². The van der Waals surface area contributed by atoms with Gasteiger partial charge in [0.1, 0.15) is 5.75 Å². The highest BCUT2D eigenvalue weighted by molar-refractivity contribution is 5.89. The van der Waals surface area contributed by atoms with Crippen molar-refractivity contribution in [1.29, 1.82) is 0 Å². The fourth-order valence-corrected chi connectivity index (χ4v) is 2.46. The molecule has 0 spiro atoms. The Morgan fingerprint density at radius 3 is 3.10 bits per heavy atom. The highest BCUT2D eigenvalue weighted by atomic mass is 16.5. The minimum Gasteiger partial charge on any atom is -0.494 e. The average Bonchev–Trinajstić information content (AvgIpc) is 2.45. The molecule has 1 N–H and O–H groups in total. The van der Waals surface area contributed by atoms with Gasteiger partial charge in [0.2, 0.25) is 0 Å². The van der Waals surface area contributed by atoms with Gasteiger partial charge in [-0.25, -0.2) is 4.79 Å². The summed E-state index contributed by atoms with van der Waals surface area (Å²) in [4.78, 5) is 14.1. The largest absolute Gasteiger partial charge is 0.494 e. The standard InChI is InChI=1S/C16H24N2O2/c1-3-10-20-15-8-4-7-14(11-15)17-16(19)18-9-5-6-13(2)12-18/h4,7-8,11,13H,3,5-6,9-10,12H2,1-2H3,(H,17,19)/t13-/m1/s1. The number of hydrogen-bond acceptors (Lipinski definition) is 2. The second-order valence-electron chi connectivity index (χ2n) is 5.50. The summed E-state index contributed by atoms with van der Waals surface area (Å²) in [5, 5.41) is 2.96. The van der Waals surface area contributed by atoms with E-state index in [1.165, 1.54) is 6.42 Å². The van der Waals surface area contributed by atoms with Gasteiger partial charge in [-0.15, -0.1) is 0 Å². The highest BCUT2D eigenvalue weighted by Crippen LogP contribution is 2.20. The van der Waals surface area contributed by atoms with Crippen molar-refractivity contribution in [3.8, 4) is 5.75 Å². The van der Waals surface area contributed by atoms with Gasteiger partial charge in [-0.05, 0) is 37.3 Å². The molecule has 1 heterocycles. The maximum absolute atomic E-state index is 12.2. The van der Waals surface area contributed by atoms with E-state index in [4.69, 9.17) is 4.74 Å². The van der Waals surface area contributed by atoms with Gasteiger partial charge in [-0.3, -0.25) is 0 Å². The molecule has 20 heavy (non-hydrogen) atoms. The minimum absolute atomic E-state index is 0.0100. The van der Waals surface area contributed by atoms with E-state index < -0.39 is 0 Å². The van der Waals surface area contributed by atoms with E-state index in [0.717, 1.165) is 37.4 Å². The van der Waals surface area contributed by atoms with E-state index in [1.807, 2.05) is 29.2 Å². The molecule has 0 radical (unpaired) electrons. The third-order valence-corrected chi connectivity index (χ3v) is 3.50. The fourth-order valence-electron chi connectivity index (χ4n) is 2.46. The zero-order valence-electron chi connectivity index (χ0n) is 12.4. The number of benzene rings is 1. The molecule has 4 heteroatoms. The van der Waals surface area contributed by atoms with Crippen LogP contribution in [0.25, 0.3) is 0 Å². The van der Waals surface area contributed by atoms with Crippen molar-refractivity contribution in [1.82, 2.24) is 4.90 Å². The van der Waals surface area contributed by atoms with E-state index >= 15 is 0 Å². The molecule has 4 nitrogen and oxygen atoms in total. The number of carbonyl (C=O) groups is 1. The highest BCUT2D eigenvalue weighted by Gasteiger charge is 2.20. The Kier molecular flexibility index (Phi) is 5.27. The van der Waals surface area contributed by atoms with Crippen LogP contribution in [-0.2, 0) is 0 Å². The topological polar surface area (TPSA) is 41.6 Å². The first-order chi connectivity index (χ1) is 9.69. The number of nitrogens with one attached hydrogen (secondary N) is 1. The molecule has 2 amide bonds. The number of anilines is 1. The summed E-state index contributed by atoms with van der Waals surface area (Å²) in [5.41, 5.74) is 0.793. The number of rotatable bonds is 4. The minimum atomic E-state index is -0.0100.